The molecular formula is C21H21NO7. The number of para-hydroxylation sites is 1. The zero-order valence-corrected chi connectivity index (χ0v) is 16.3. The summed E-state index contributed by atoms with van der Waals surface area (Å²) < 4.78 is 26.2. The molecule has 8 heteroatoms. The van der Waals surface area contributed by atoms with Crippen molar-refractivity contribution < 1.29 is 33.3 Å². The highest BCUT2D eigenvalue weighted by Gasteiger charge is 2.19. The molecule has 0 spiro atoms. The minimum Gasteiger partial charge on any atom is -0.493 e. The first-order valence-corrected chi connectivity index (χ1v) is 8.82. The van der Waals surface area contributed by atoms with Crippen LogP contribution in [-0.2, 0) is 14.3 Å². The Hall–Kier alpha value is -3.68. The number of nitrogens with one attached hydrogen (secondary N) is 1. The Morgan fingerprint density at radius 1 is 1.10 bits per heavy atom. The highest BCUT2D eigenvalue weighted by atomic mass is 16.7. The van der Waals surface area contributed by atoms with Crippen molar-refractivity contribution in [3.63, 3.8) is 0 Å². The molecule has 1 aliphatic heterocycles. The number of esters is 1. The molecule has 2 aromatic carbocycles. The zero-order valence-electron chi connectivity index (χ0n) is 16.3. The number of hydrogen-bond donors (Lipinski definition) is 1. The predicted molar refractivity (Wildman–Crippen MR) is 105 cm³/mol. The third-order valence-corrected chi connectivity index (χ3v) is 4.13. The van der Waals surface area contributed by atoms with E-state index in [1.807, 2.05) is 0 Å². The van der Waals surface area contributed by atoms with Gasteiger partial charge in [-0.3, -0.25) is 4.79 Å². The van der Waals surface area contributed by atoms with E-state index in [1.54, 1.807) is 36.4 Å². The van der Waals surface area contributed by atoms with Crippen molar-refractivity contribution >= 4 is 23.6 Å². The first-order valence-electron chi connectivity index (χ1n) is 8.82. The number of anilines is 1. The van der Waals surface area contributed by atoms with Gasteiger partial charge < -0.3 is 29.0 Å². The van der Waals surface area contributed by atoms with Crippen molar-refractivity contribution in [2.75, 3.05) is 26.3 Å². The molecule has 1 aliphatic rings. The molecule has 0 aromatic heterocycles. The summed E-state index contributed by atoms with van der Waals surface area (Å²) in [5.74, 6) is 1.06. The molecule has 0 saturated heterocycles. The molecule has 0 fully saturated rings. The van der Waals surface area contributed by atoms with Gasteiger partial charge in [0.25, 0.3) is 5.91 Å². The number of hydrogen-bond acceptors (Lipinski definition) is 7. The number of rotatable bonds is 7. The van der Waals surface area contributed by atoms with Gasteiger partial charge >= 0.3 is 5.97 Å². The monoisotopic (exact) mass is 399 g/mol. The second-order valence-electron chi connectivity index (χ2n) is 6.05. The number of ether oxygens (including phenoxy) is 5. The minimum atomic E-state index is -0.996. The Morgan fingerprint density at radius 3 is 2.66 bits per heavy atom. The Labute approximate surface area is 168 Å². The van der Waals surface area contributed by atoms with Crippen LogP contribution in [0.1, 0.15) is 12.5 Å². The lowest BCUT2D eigenvalue weighted by atomic mass is 10.1. The maximum absolute atomic E-state index is 12.3. The summed E-state index contributed by atoms with van der Waals surface area (Å²) in [5, 5.41) is 2.67. The largest absolute Gasteiger partial charge is 0.493 e. The van der Waals surface area contributed by atoms with Crippen LogP contribution in [0.2, 0.25) is 0 Å². The molecule has 152 valence electrons. The van der Waals surface area contributed by atoms with E-state index in [9.17, 15) is 9.59 Å². The average Bonchev–Trinajstić information content (AvgIpc) is 3.19. The number of methoxy groups -OCH3 is 2. The lowest BCUT2D eigenvalue weighted by Gasteiger charge is -2.13. The number of benzene rings is 2. The van der Waals surface area contributed by atoms with Crippen LogP contribution in [0, 0.1) is 0 Å². The van der Waals surface area contributed by atoms with Crippen LogP contribution >= 0.6 is 0 Å². The van der Waals surface area contributed by atoms with Gasteiger partial charge in [-0.05, 0) is 31.2 Å². The maximum atomic E-state index is 12.3. The summed E-state index contributed by atoms with van der Waals surface area (Å²) in [6.45, 7) is 1.63. The van der Waals surface area contributed by atoms with Gasteiger partial charge in [-0.2, -0.15) is 0 Å². The summed E-state index contributed by atoms with van der Waals surface area (Å²) in [6.07, 6.45) is 1.76. The van der Waals surface area contributed by atoms with Gasteiger partial charge in [0.2, 0.25) is 6.79 Å². The zero-order chi connectivity index (χ0) is 20.8. The summed E-state index contributed by atoms with van der Waals surface area (Å²) >= 11 is 0. The first-order chi connectivity index (χ1) is 14.0. The summed E-state index contributed by atoms with van der Waals surface area (Å²) in [5.41, 5.74) is 1.15. The van der Waals surface area contributed by atoms with E-state index >= 15 is 0 Å². The molecule has 8 nitrogen and oxygen atoms in total. The van der Waals surface area contributed by atoms with E-state index in [4.69, 9.17) is 23.7 Å². The predicted octanol–water partition coefficient (Wildman–Crippen LogP) is 3.02. The van der Waals surface area contributed by atoms with Crippen molar-refractivity contribution in [2.45, 2.75) is 13.0 Å². The van der Waals surface area contributed by atoms with Gasteiger partial charge in [-0.15, -0.1) is 0 Å². The lowest BCUT2D eigenvalue weighted by Crippen LogP contribution is -2.29. The van der Waals surface area contributed by atoms with E-state index in [0.29, 0.717) is 34.2 Å². The first kappa shape index (κ1) is 20.1. The highest BCUT2D eigenvalue weighted by Crippen LogP contribution is 2.34. The van der Waals surface area contributed by atoms with Crippen molar-refractivity contribution in [3.8, 4) is 23.0 Å². The Morgan fingerprint density at radius 2 is 1.90 bits per heavy atom. The van der Waals surface area contributed by atoms with E-state index in [-0.39, 0.29) is 6.79 Å². The minimum absolute atomic E-state index is 0.144. The van der Waals surface area contributed by atoms with Crippen LogP contribution in [0.15, 0.2) is 42.5 Å². The smallest absolute Gasteiger partial charge is 0.331 e. The summed E-state index contributed by atoms with van der Waals surface area (Å²) in [7, 11) is 3.04. The average molecular weight is 399 g/mol. The van der Waals surface area contributed by atoms with Gasteiger partial charge in [-0.1, -0.05) is 12.1 Å². The molecule has 1 atom stereocenters. The van der Waals surface area contributed by atoms with E-state index in [0.717, 1.165) is 0 Å². The molecule has 0 radical (unpaired) electrons. The molecular weight excluding hydrogens is 378 g/mol. The van der Waals surface area contributed by atoms with Crippen molar-refractivity contribution in [1.82, 2.24) is 0 Å². The molecule has 1 N–H and O–H groups in total. The highest BCUT2D eigenvalue weighted by molar-refractivity contribution is 5.97. The topological polar surface area (TPSA) is 92.3 Å². The van der Waals surface area contributed by atoms with Crippen LogP contribution in [0.5, 0.6) is 23.0 Å². The fourth-order valence-corrected chi connectivity index (χ4v) is 2.69. The molecule has 0 saturated carbocycles. The Balaban J connectivity index is 1.59. The standard InChI is InChI=1S/C21H21NO7/c1-13(21(24)22-15-8-9-16-18(11-15)28-12-27-16)29-19(23)10-7-14-5-4-6-17(25-2)20(14)26-3/h4-11,13H,12H2,1-3H3,(H,22,24). The Kier molecular flexibility index (Phi) is 6.23. The normalized spacial score (nSPS) is 13.1. The molecule has 1 unspecified atom stereocenters. The van der Waals surface area contributed by atoms with Gasteiger partial charge in [0, 0.05) is 23.4 Å². The molecule has 29 heavy (non-hydrogen) atoms. The van der Waals surface area contributed by atoms with Crippen LogP contribution in [-0.4, -0.2) is 39.0 Å². The Bertz CT molecular complexity index is 939. The second-order valence-corrected chi connectivity index (χ2v) is 6.05. The molecule has 1 amide bonds. The number of amides is 1. The SMILES string of the molecule is COc1cccc(C=CC(=O)OC(C)C(=O)Nc2ccc3c(c2)OCO3)c1OC. The fraction of sp³-hybridized carbons (Fsp3) is 0.238. The van der Waals surface area contributed by atoms with Gasteiger partial charge in [0.05, 0.1) is 14.2 Å². The molecule has 0 bridgehead atoms. The molecule has 0 aliphatic carbocycles. The summed E-state index contributed by atoms with van der Waals surface area (Å²) in [4.78, 5) is 24.4. The molecule has 3 rings (SSSR count). The van der Waals surface area contributed by atoms with Crippen molar-refractivity contribution in [2.24, 2.45) is 0 Å². The van der Waals surface area contributed by atoms with E-state index in [2.05, 4.69) is 5.32 Å². The molecule has 1 heterocycles. The van der Waals surface area contributed by atoms with E-state index < -0.39 is 18.0 Å². The van der Waals surface area contributed by atoms with Crippen LogP contribution in [0.3, 0.4) is 0 Å². The van der Waals surface area contributed by atoms with Gasteiger partial charge in [0.15, 0.2) is 29.1 Å². The van der Waals surface area contributed by atoms with Crippen molar-refractivity contribution in [1.29, 1.82) is 0 Å². The van der Waals surface area contributed by atoms with Crippen LogP contribution in [0.4, 0.5) is 5.69 Å². The van der Waals surface area contributed by atoms with Gasteiger partial charge in [-0.25, -0.2) is 4.79 Å². The third-order valence-electron chi connectivity index (χ3n) is 4.13. The fourth-order valence-electron chi connectivity index (χ4n) is 2.69. The van der Waals surface area contributed by atoms with Gasteiger partial charge in [0.1, 0.15) is 0 Å². The van der Waals surface area contributed by atoms with Crippen molar-refractivity contribution in [3.05, 3.63) is 48.0 Å². The summed E-state index contributed by atoms with van der Waals surface area (Å²) in [6, 6.07) is 10.3. The van der Waals surface area contributed by atoms with Crippen LogP contribution in [0.25, 0.3) is 6.08 Å². The quantitative estimate of drug-likeness (QED) is 0.565. The lowest BCUT2D eigenvalue weighted by molar-refractivity contribution is -0.148. The van der Waals surface area contributed by atoms with E-state index in [1.165, 1.54) is 33.3 Å². The maximum Gasteiger partial charge on any atom is 0.331 e. The number of carbonyl (C=O) groups excluding carboxylic acids is 2. The third kappa shape index (κ3) is 4.78. The number of carbonyl (C=O) groups is 2. The molecule has 2 aromatic rings. The number of fused-ring (bicyclic) bond motifs is 1. The van der Waals surface area contributed by atoms with Crippen LogP contribution < -0.4 is 24.3 Å². The second kappa shape index (κ2) is 9.01.